The Morgan fingerprint density at radius 1 is 1.19 bits per heavy atom. The van der Waals surface area contributed by atoms with Gasteiger partial charge < -0.3 is 4.74 Å². The summed E-state index contributed by atoms with van der Waals surface area (Å²) in [7, 11) is -3.93. The van der Waals surface area contributed by atoms with Gasteiger partial charge in [0, 0.05) is 5.39 Å². The molecular weight excluding hydrogens is 388 g/mol. The summed E-state index contributed by atoms with van der Waals surface area (Å²) in [6.07, 6.45) is 0. The van der Waals surface area contributed by atoms with E-state index in [-0.39, 0.29) is 17.1 Å². The number of ether oxygens (including phenoxy) is 1. The molecule has 0 amide bonds. The molecule has 3 rings (SSSR count). The molecule has 0 atom stereocenters. The molecule has 0 unspecified atom stereocenters. The first kappa shape index (κ1) is 19.3. The molecule has 8 heteroatoms. The molecule has 0 saturated carbocycles. The van der Waals surface area contributed by atoms with Crippen LogP contribution in [0.4, 0.5) is 0 Å². The molecular formula is C19H17ClN2O4S. The van der Waals surface area contributed by atoms with E-state index in [1.54, 1.807) is 6.92 Å². The second-order valence-electron chi connectivity index (χ2n) is 6.12. The Bertz CT molecular complexity index is 1160. The Morgan fingerprint density at radius 2 is 1.89 bits per heavy atom. The Balaban J connectivity index is 1.87. The van der Waals surface area contributed by atoms with Gasteiger partial charge in [0.05, 0.1) is 26.7 Å². The number of carbonyl (C=O) groups is 1. The van der Waals surface area contributed by atoms with Crippen molar-refractivity contribution in [2.75, 3.05) is 0 Å². The summed E-state index contributed by atoms with van der Waals surface area (Å²) >= 11 is 6.36. The van der Waals surface area contributed by atoms with Crippen LogP contribution in [0.3, 0.4) is 0 Å². The van der Waals surface area contributed by atoms with E-state index in [0.29, 0.717) is 16.3 Å². The minimum atomic E-state index is -3.93. The SMILES string of the molecule is Cc1ccc(C(=O)OCc2nc3ccccc3c(C)c2Cl)cc1S(N)(=O)=O. The fourth-order valence-electron chi connectivity index (χ4n) is 2.76. The Morgan fingerprint density at radius 3 is 2.59 bits per heavy atom. The molecule has 1 heterocycles. The summed E-state index contributed by atoms with van der Waals surface area (Å²) in [6, 6.07) is 11.7. The highest BCUT2D eigenvalue weighted by atomic mass is 35.5. The van der Waals surface area contributed by atoms with Crippen LogP contribution in [0.15, 0.2) is 47.4 Å². The van der Waals surface area contributed by atoms with Gasteiger partial charge in [-0.25, -0.2) is 23.3 Å². The zero-order valence-electron chi connectivity index (χ0n) is 14.7. The van der Waals surface area contributed by atoms with Gasteiger partial charge in [-0.15, -0.1) is 0 Å². The molecule has 1 aromatic heterocycles. The van der Waals surface area contributed by atoms with Crippen LogP contribution in [0.2, 0.25) is 5.02 Å². The number of aryl methyl sites for hydroxylation is 2. The third kappa shape index (κ3) is 3.95. The summed E-state index contributed by atoms with van der Waals surface area (Å²) in [4.78, 5) is 16.7. The molecule has 0 fully saturated rings. The molecule has 0 spiro atoms. The zero-order valence-corrected chi connectivity index (χ0v) is 16.3. The van der Waals surface area contributed by atoms with E-state index < -0.39 is 16.0 Å². The number of para-hydroxylation sites is 1. The molecule has 2 aromatic carbocycles. The Kier molecular flexibility index (Phi) is 5.19. The molecule has 0 aliphatic rings. The van der Waals surface area contributed by atoms with E-state index >= 15 is 0 Å². The van der Waals surface area contributed by atoms with Crippen molar-refractivity contribution in [1.29, 1.82) is 0 Å². The van der Waals surface area contributed by atoms with Crippen molar-refractivity contribution in [2.24, 2.45) is 5.14 Å². The average molecular weight is 405 g/mol. The summed E-state index contributed by atoms with van der Waals surface area (Å²) in [6.45, 7) is 3.33. The van der Waals surface area contributed by atoms with Gasteiger partial charge in [0.15, 0.2) is 0 Å². The maximum Gasteiger partial charge on any atom is 0.338 e. The molecule has 0 radical (unpaired) electrons. The fraction of sp³-hybridized carbons (Fsp3) is 0.158. The van der Waals surface area contributed by atoms with Crippen LogP contribution in [-0.4, -0.2) is 19.4 Å². The smallest absolute Gasteiger partial charge is 0.338 e. The van der Waals surface area contributed by atoms with Crippen molar-refractivity contribution in [3.05, 3.63) is 69.9 Å². The van der Waals surface area contributed by atoms with Crippen LogP contribution in [0.1, 0.15) is 27.2 Å². The van der Waals surface area contributed by atoms with Gasteiger partial charge in [-0.1, -0.05) is 35.9 Å². The monoisotopic (exact) mass is 404 g/mol. The lowest BCUT2D eigenvalue weighted by atomic mass is 10.1. The lowest BCUT2D eigenvalue weighted by Gasteiger charge is -2.11. The molecule has 0 aliphatic carbocycles. The standard InChI is InChI=1S/C19H17ClN2O4S/c1-11-7-8-13(9-17(11)27(21,24)25)19(23)26-10-16-18(20)12(2)14-5-3-4-6-15(14)22-16/h3-9H,10H2,1-2H3,(H2,21,24,25). The largest absolute Gasteiger partial charge is 0.456 e. The molecule has 3 aromatic rings. The maximum atomic E-state index is 12.3. The van der Waals surface area contributed by atoms with E-state index in [9.17, 15) is 13.2 Å². The zero-order chi connectivity index (χ0) is 19.8. The molecule has 0 saturated heterocycles. The lowest BCUT2D eigenvalue weighted by Crippen LogP contribution is -2.15. The van der Waals surface area contributed by atoms with E-state index in [2.05, 4.69) is 4.98 Å². The first-order valence-electron chi connectivity index (χ1n) is 8.03. The quantitative estimate of drug-likeness (QED) is 0.671. The number of nitrogens with two attached hydrogens (primary N) is 1. The van der Waals surface area contributed by atoms with Crippen molar-refractivity contribution in [1.82, 2.24) is 4.98 Å². The number of esters is 1. The van der Waals surface area contributed by atoms with E-state index in [0.717, 1.165) is 16.5 Å². The predicted molar refractivity (Wildman–Crippen MR) is 103 cm³/mol. The van der Waals surface area contributed by atoms with E-state index in [1.807, 2.05) is 31.2 Å². The van der Waals surface area contributed by atoms with Gasteiger partial charge in [0.2, 0.25) is 10.0 Å². The number of hydrogen-bond acceptors (Lipinski definition) is 5. The van der Waals surface area contributed by atoms with Gasteiger partial charge in [0.1, 0.15) is 6.61 Å². The van der Waals surface area contributed by atoms with Gasteiger partial charge in [-0.05, 0) is 43.2 Å². The molecule has 6 nitrogen and oxygen atoms in total. The number of rotatable bonds is 4. The Hall–Kier alpha value is -2.48. The second-order valence-corrected chi connectivity index (χ2v) is 8.02. The highest BCUT2D eigenvalue weighted by molar-refractivity contribution is 7.89. The minimum absolute atomic E-state index is 0.0817. The van der Waals surface area contributed by atoms with Gasteiger partial charge in [-0.2, -0.15) is 0 Å². The van der Waals surface area contributed by atoms with Crippen molar-refractivity contribution in [3.8, 4) is 0 Å². The molecule has 140 valence electrons. The number of fused-ring (bicyclic) bond motifs is 1. The van der Waals surface area contributed by atoms with Crippen molar-refractivity contribution < 1.29 is 17.9 Å². The van der Waals surface area contributed by atoms with Crippen LogP contribution in [0.5, 0.6) is 0 Å². The maximum absolute atomic E-state index is 12.3. The van der Waals surface area contributed by atoms with Crippen LogP contribution in [-0.2, 0) is 21.4 Å². The number of benzene rings is 2. The van der Waals surface area contributed by atoms with Crippen LogP contribution < -0.4 is 5.14 Å². The predicted octanol–water partition coefficient (Wildman–Crippen LogP) is 3.51. The molecule has 2 N–H and O–H groups in total. The highest BCUT2D eigenvalue weighted by Gasteiger charge is 2.17. The van der Waals surface area contributed by atoms with Crippen molar-refractivity contribution in [2.45, 2.75) is 25.3 Å². The topological polar surface area (TPSA) is 99.3 Å². The number of halogens is 1. The van der Waals surface area contributed by atoms with Gasteiger partial charge >= 0.3 is 5.97 Å². The first-order chi connectivity index (χ1) is 12.7. The summed E-state index contributed by atoms with van der Waals surface area (Å²) < 4.78 is 28.5. The molecule has 0 aliphatic heterocycles. The number of carbonyl (C=O) groups excluding carboxylic acids is 1. The third-order valence-corrected chi connectivity index (χ3v) is 5.77. The fourth-order valence-corrected chi connectivity index (χ4v) is 3.77. The third-order valence-electron chi connectivity index (χ3n) is 4.22. The number of nitrogens with zero attached hydrogens (tertiary/aromatic N) is 1. The summed E-state index contributed by atoms with van der Waals surface area (Å²) in [5.41, 5.74) is 2.56. The minimum Gasteiger partial charge on any atom is -0.456 e. The first-order valence-corrected chi connectivity index (χ1v) is 9.95. The average Bonchev–Trinajstić information content (AvgIpc) is 2.62. The van der Waals surface area contributed by atoms with E-state index in [1.165, 1.54) is 18.2 Å². The second kappa shape index (κ2) is 7.26. The van der Waals surface area contributed by atoms with Crippen LogP contribution in [0.25, 0.3) is 10.9 Å². The molecule has 0 bridgehead atoms. The number of sulfonamides is 1. The van der Waals surface area contributed by atoms with E-state index in [4.69, 9.17) is 21.5 Å². The number of hydrogen-bond donors (Lipinski definition) is 1. The van der Waals surface area contributed by atoms with Gasteiger partial charge in [-0.3, -0.25) is 0 Å². The number of pyridine rings is 1. The van der Waals surface area contributed by atoms with Crippen molar-refractivity contribution in [3.63, 3.8) is 0 Å². The Labute approximate surface area is 162 Å². The van der Waals surface area contributed by atoms with Crippen LogP contribution >= 0.6 is 11.6 Å². The van der Waals surface area contributed by atoms with Crippen molar-refractivity contribution >= 4 is 38.5 Å². The summed E-state index contributed by atoms with van der Waals surface area (Å²) in [5.74, 6) is -0.691. The normalized spacial score (nSPS) is 11.6. The lowest BCUT2D eigenvalue weighted by molar-refractivity contribution is 0.0468. The molecule has 27 heavy (non-hydrogen) atoms. The summed E-state index contributed by atoms with van der Waals surface area (Å²) in [5, 5.41) is 6.53. The highest BCUT2D eigenvalue weighted by Crippen LogP contribution is 2.27. The number of aromatic nitrogens is 1. The van der Waals surface area contributed by atoms with Gasteiger partial charge in [0.25, 0.3) is 0 Å². The number of primary sulfonamides is 1. The van der Waals surface area contributed by atoms with Crippen LogP contribution in [0, 0.1) is 13.8 Å².